The molecule has 1 aromatic heterocycles. The Kier molecular flexibility index (Phi) is 22.7. The molecule has 0 saturated heterocycles. The number of hydrogen-bond donors (Lipinski definition) is 0. The largest absolute Gasteiger partial charge is 1.00 e. The van der Waals surface area contributed by atoms with Crippen LogP contribution >= 0.6 is 0 Å². The minimum atomic E-state index is 0. The molecule has 0 fully saturated rings. The molecular formula is C28H52ClN. The quantitative estimate of drug-likeness (QED) is 0.165. The van der Waals surface area contributed by atoms with Crippen molar-refractivity contribution in [3.8, 4) is 0 Å². The van der Waals surface area contributed by atoms with E-state index in [1.165, 1.54) is 141 Å². The fourth-order valence-corrected chi connectivity index (χ4v) is 4.23. The Balaban J connectivity index is 0.00000841. The van der Waals surface area contributed by atoms with Gasteiger partial charge >= 0.3 is 0 Å². The molecule has 0 N–H and O–H groups in total. The molecule has 0 saturated carbocycles. The van der Waals surface area contributed by atoms with Crippen molar-refractivity contribution in [1.29, 1.82) is 0 Å². The molecule has 0 bridgehead atoms. The van der Waals surface area contributed by atoms with E-state index in [2.05, 4.69) is 42.9 Å². The van der Waals surface area contributed by atoms with Gasteiger partial charge in [0.1, 0.15) is 6.54 Å². The third kappa shape index (κ3) is 18.2. The monoisotopic (exact) mass is 437 g/mol. The van der Waals surface area contributed by atoms with Gasteiger partial charge < -0.3 is 12.4 Å². The van der Waals surface area contributed by atoms with Crippen molar-refractivity contribution in [3.05, 3.63) is 30.1 Å². The highest BCUT2D eigenvalue weighted by Gasteiger charge is 2.02. The highest BCUT2D eigenvalue weighted by Crippen LogP contribution is 2.13. The summed E-state index contributed by atoms with van der Waals surface area (Å²) in [5.41, 5.74) is 1.52. The van der Waals surface area contributed by atoms with Crippen LogP contribution in [0, 0.1) is 0 Å². The number of nitrogens with zero attached hydrogens (tertiary/aromatic N) is 1. The number of unbranched alkanes of at least 4 members (excludes halogenated alkanes) is 17. The standard InChI is InChI=1S/C28H52N.ClH/c1-3-5-7-9-11-13-14-15-16-18-20-22-28-23-26-29(27-24-28)25-21-19-17-12-10-8-6-4-2;/h23-24,26-27H,3-22,25H2,1-2H3;1H/q+1;/p-1. The number of aryl methyl sites for hydroxylation is 2. The summed E-state index contributed by atoms with van der Waals surface area (Å²) >= 11 is 0. The molecule has 0 unspecified atom stereocenters. The van der Waals surface area contributed by atoms with Gasteiger partial charge in [-0.2, -0.15) is 0 Å². The maximum absolute atomic E-state index is 2.38. The lowest BCUT2D eigenvalue weighted by Crippen LogP contribution is -3.00. The van der Waals surface area contributed by atoms with E-state index in [-0.39, 0.29) is 12.4 Å². The van der Waals surface area contributed by atoms with Crippen molar-refractivity contribution in [1.82, 2.24) is 0 Å². The molecular weight excluding hydrogens is 386 g/mol. The first kappa shape index (κ1) is 29.4. The van der Waals surface area contributed by atoms with Crippen molar-refractivity contribution in [2.45, 2.75) is 149 Å². The van der Waals surface area contributed by atoms with E-state index < -0.39 is 0 Å². The summed E-state index contributed by atoms with van der Waals surface area (Å²) < 4.78 is 2.38. The van der Waals surface area contributed by atoms with Gasteiger partial charge in [0.15, 0.2) is 12.4 Å². The summed E-state index contributed by atoms with van der Waals surface area (Å²) in [6.07, 6.45) is 32.8. The van der Waals surface area contributed by atoms with Gasteiger partial charge in [-0.25, -0.2) is 4.57 Å². The second kappa shape index (κ2) is 23.1. The van der Waals surface area contributed by atoms with E-state index in [4.69, 9.17) is 0 Å². The molecule has 0 radical (unpaired) electrons. The summed E-state index contributed by atoms with van der Waals surface area (Å²) in [6, 6.07) is 4.70. The average molecular weight is 438 g/mol. The van der Waals surface area contributed by atoms with Crippen LogP contribution in [0.1, 0.15) is 141 Å². The maximum Gasteiger partial charge on any atom is 0.169 e. The van der Waals surface area contributed by atoms with Gasteiger partial charge in [0.25, 0.3) is 0 Å². The molecule has 0 aromatic carbocycles. The lowest BCUT2D eigenvalue weighted by Gasteiger charge is -2.03. The van der Waals surface area contributed by atoms with E-state index >= 15 is 0 Å². The summed E-state index contributed by atoms with van der Waals surface area (Å²) in [6.45, 7) is 5.78. The van der Waals surface area contributed by atoms with E-state index in [0.29, 0.717) is 0 Å². The van der Waals surface area contributed by atoms with Gasteiger partial charge in [0.05, 0.1) is 0 Å². The summed E-state index contributed by atoms with van der Waals surface area (Å²) in [7, 11) is 0. The molecule has 0 spiro atoms. The molecule has 1 nitrogen and oxygen atoms in total. The lowest BCUT2D eigenvalue weighted by molar-refractivity contribution is -0.697. The molecule has 2 heteroatoms. The van der Waals surface area contributed by atoms with Gasteiger partial charge in [-0.1, -0.05) is 117 Å². The van der Waals surface area contributed by atoms with Gasteiger partial charge in [0.2, 0.25) is 0 Å². The van der Waals surface area contributed by atoms with E-state index in [1.54, 1.807) is 0 Å². The minimum Gasteiger partial charge on any atom is -1.00 e. The van der Waals surface area contributed by atoms with Crippen LogP contribution in [0.5, 0.6) is 0 Å². The van der Waals surface area contributed by atoms with E-state index in [1.807, 2.05) is 0 Å². The summed E-state index contributed by atoms with van der Waals surface area (Å²) in [5, 5.41) is 0. The first-order valence-electron chi connectivity index (χ1n) is 13.3. The minimum absolute atomic E-state index is 0. The molecule has 0 atom stereocenters. The Labute approximate surface area is 195 Å². The number of halogens is 1. The van der Waals surface area contributed by atoms with Crippen molar-refractivity contribution < 1.29 is 17.0 Å². The van der Waals surface area contributed by atoms with Crippen molar-refractivity contribution in [2.24, 2.45) is 0 Å². The first-order valence-corrected chi connectivity index (χ1v) is 13.3. The zero-order chi connectivity index (χ0) is 20.8. The molecule has 1 heterocycles. The molecule has 176 valence electrons. The zero-order valence-electron chi connectivity index (χ0n) is 20.5. The van der Waals surface area contributed by atoms with Crippen LogP contribution in [-0.4, -0.2) is 0 Å². The Morgan fingerprint density at radius 2 is 0.867 bits per heavy atom. The van der Waals surface area contributed by atoms with Crippen molar-refractivity contribution >= 4 is 0 Å². The first-order chi connectivity index (χ1) is 14.4. The van der Waals surface area contributed by atoms with Crippen molar-refractivity contribution in [2.75, 3.05) is 0 Å². The molecule has 30 heavy (non-hydrogen) atoms. The molecule has 0 amide bonds. The summed E-state index contributed by atoms with van der Waals surface area (Å²) in [4.78, 5) is 0. The predicted octanol–water partition coefficient (Wildman–Crippen LogP) is 5.97. The van der Waals surface area contributed by atoms with Gasteiger partial charge in [-0.3, -0.25) is 0 Å². The van der Waals surface area contributed by atoms with Crippen LogP contribution in [-0.2, 0) is 13.0 Å². The molecule has 1 aromatic rings. The third-order valence-corrected chi connectivity index (χ3v) is 6.30. The van der Waals surface area contributed by atoms with Gasteiger partial charge in [0, 0.05) is 18.6 Å². The second-order valence-corrected chi connectivity index (χ2v) is 9.20. The van der Waals surface area contributed by atoms with Gasteiger partial charge in [-0.05, 0) is 24.8 Å². The number of aromatic nitrogens is 1. The smallest absolute Gasteiger partial charge is 0.169 e. The van der Waals surface area contributed by atoms with Crippen LogP contribution in [0.4, 0.5) is 0 Å². The number of pyridine rings is 1. The van der Waals surface area contributed by atoms with Crippen LogP contribution in [0.2, 0.25) is 0 Å². The van der Waals surface area contributed by atoms with E-state index in [9.17, 15) is 0 Å². The zero-order valence-corrected chi connectivity index (χ0v) is 21.2. The summed E-state index contributed by atoms with van der Waals surface area (Å²) in [5.74, 6) is 0. The molecule has 0 aliphatic carbocycles. The number of rotatable bonds is 21. The number of hydrogen-bond acceptors (Lipinski definition) is 0. The Hall–Kier alpha value is -0.560. The Bertz CT molecular complexity index is 442. The molecule has 0 aliphatic rings. The van der Waals surface area contributed by atoms with Crippen LogP contribution in [0.25, 0.3) is 0 Å². The normalized spacial score (nSPS) is 10.9. The second-order valence-electron chi connectivity index (χ2n) is 9.20. The van der Waals surface area contributed by atoms with Crippen LogP contribution in [0.3, 0.4) is 0 Å². The maximum atomic E-state index is 2.38. The third-order valence-electron chi connectivity index (χ3n) is 6.30. The average Bonchev–Trinajstić information content (AvgIpc) is 2.75. The van der Waals surface area contributed by atoms with E-state index in [0.717, 1.165) is 0 Å². The fourth-order valence-electron chi connectivity index (χ4n) is 4.23. The van der Waals surface area contributed by atoms with Crippen LogP contribution < -0.4 is 17.0 Å². The van der Waals surface area contributed by atoms with Crippen LogP contribution in [0.15, 0.2) is 24.5 Å². The molecule has 0 aliphatic heterocycles. The highest BCUT2D eigenvalue weighted by molar-refractivity contribution is 5.07. The lowest BCUT2D eigenvalue weighted by atomic mass is 10.0. The molecule has 1 rings (SSSR count). The Morgan fingerprint density at radius 1 is 0.500 bits per heavy atom. The fraction of sp³-hybridized carbons (Fsp3) is 0.821. The highest BCUT2D eigenvalue weighted by atomic mass is 35.5. The SMILES string of the molecule is CCCCCCCCCCCCCc1cc[n+](CCCCCCCCCC)cc1.[Cl-]. The van der Waals surface area contributed by atoms with Gasteiger partial charge in [-0.15, -0.1) is 0 Å². The predicted molar refractivity (Wildman–Crippen MR) is 129 cm³/mol. The van der Waals surface area contributed by atoms with Crippen molar-refractivity contribution in [3.63, 3.8) is 0 Å². The Morgan fingerprint density at radius 3 is 1.30 bits per heavy atom. The topological polar surface area (TPSA) is 3.88 Å².